The van der Waals surface area contributed by atoms with Gasteiger partial charge in [0.1, 0.15) is 5.54 Å². The Morgan fingerprint density at radius 1 is 1.21 bits per heavy atom. The maximum absolute atomic E-state index is 12.3. The van der Waals surface area contributed by atoms with Crippen LogP contribution in [-0.2, 0) is 20.5 Å². The van der Waals surface area contributed by atoms with Crippen LogP contribution in [0, 0.1) is 6.92 Å². The fourth-order valence-corrected chi connectivity index (χ4v) is 3.15. The Labute approximate surface area is 148 Å². The summed E-state index contributed by atoms with van der Waals surface area (Å²) in [6.07, 6.45) is 0. The van der Waals surface area contributed by atoms with Crippen LogP contribution in [0.4, 0.5) is 0 Å². The van der Waals surface area contributed by atoms with Crippen molar-refractivity contribution in [3.63, 3.8) is 0 Å². The first-order valence-electron chi connectivity index (χ1n) is 8.44. The van der Waals surface area contributed by atoms with Crippen molar-refractivity contribution in [1.29, 1.82) is 0 Å². The highest BCUT2D eigenvalue weighted by atomic mass is 28.4. The molecule has 1 unspecified atom stereocenters. The zero-order valence-corrected chi connectivity index (χ0v) is 17.4. The van der Waals surface area contributed by atoms with Gasteiger partial charge in [0.15, 0.2) is 8.32 Å². The first-order valence-corrected chi connectivity index (χ1v) is 11.3. The van der Waals surface area contributed by atoms with Crippen molar-refractivity contribution in [2.24, 2.45) is 0 Å². The summed E-state index contributed by atoms with van der Waals surface area (Å²) in [7, 11) is -0.520. The zero-order valence-electron chi connectivity index (χ0n) is 16.4. The highest BCUT2D eigenvalue weighted by Crippen LogP contribution is 2.37. The molecule has 0 radical (unpaired) electrons. The number of carbonyl (C=O) groups excluding carboxylic acids is 1. The van der Waals surface area contributed by atoms with Crippen molar-refractivity contribution < 1.29 is 14.0 Å². The lowest BCUT2D eigenvalue weighted by atomic mass is 10.0. The van der Waals surface area contributed by atoms with Crippen LogP contribution >= 0.6 is 0 Å². The summed E-state index contributed by atoms with van der Waals surface area (Å²) in [6.45, 7) is 15.7. The fourth-order valence-electron chi connectivity index (χ4n) is 2.07. The molecule has 5 heteroatoms. The van der Waals surface area contributed by atoms with Crippen molar-refractivity contribution in [2.75, 3.05) is 13.7 Å². The molecule has 0 fully saturated rings. The van der Waals surface area contributed by atoms with Gasteiger partial charge in [0.05, 0.1) is 13.7 Å². The van der Waals surface area contributed by atoms with Crippen LogP contribution in [0.5, 0.6) is 0 Å². The number of ether oxygens (including phenoxy) is 1. The van der Waals surface area contributed by atoms with E-state index in [4.69, 9.17) is 9.16 Å². The minimum absolute atomic E-state index is 0.0978. The first-order chi connectivity index (χ1) is 10.9. The molecule has 0 saturated carbocycles. The van der Waals surface area contributed by atoms with E-state index in [1.807, 2.05) is 19.1 Å². The highest BCUT2D eigenvalue weighted by molar-refractivity contribution is 6.74. The molecule has 1 aromatic carbocycles. The quantitative estimate of drug-likeness (QED) is 0.595. The lowest BCUT2D eigenvalue weighted by Crippen LogP contribution is -2.56. The molecule has 4 nitrogen and oxygen atoms in total. The third kappa shape index (κ3) is 5.43. The van der Waals surface area contributed by atoms with Gasteiger partial charge in [0.25, 0.3) is 0 Å². The Bertz CT molecular complexity index is 566. The van der Waals surface area contributed by atoms with Crippen molar-refractivity contribution >= 4 is 14.3 Å². The monoisotopic (exact) mass is 351 g/mol. The lowest BCUT2D eigenvalue weighted by molar-refractivity contribution is -0.149. The highest BCUT2D eigenvalue weighted by Gasteiger charge is 2.42. The molecule has 1 aromatic rings. The number of methoxy groups -OCH3 is 1. The smallest absolute Gasteiger partial charge is 0.328 e. The molecule has 0 aromatic heterocycles. The molecule has 1 rings (SSSR count). The van der Waals surface area contributed by atoms with E-state index in [-0.39, 0.29) is 11.0 Å². The number of aryl methyl sites for hydroxylation is 1. The van der Waals surface area contributed by atoms with E-state index in [1.54, 1.807) is 0 Å². The molecular formula is C19H33NO3Si. The fraction of sp³-hybridized carbons (Fsp3) is 0.632. The largest absolute Gasteiger partial charge is 0.468 e. The van der Waals surface area contributed by atoms with Crippen LogP contribution in [0.25, 0.3) is 0 Å². The van der Waals surface area contributed by atoms with Crippen LogP contribution in [0.15, 0.2) is 24.3 Å². The summed E-state index contributed by atoms with van der Waals surface area (Å²) in [5.74, 6) is -0.297. The molecule has 0 saturated heterocycles. The predicted molar refractivity (Wildman–Crippen MR) is 102 cm³/mol. The molecule has 0 spiro atoms. The lowest BCUT2D eigenvalue weighted by Gasteiger charge is -2.39. The van der Waals surface area contributed by atoms with Crippen LogP contribution in [0.2, 0.25) is 18.1 Å². The van der Waals surface area contributed by atoms with Gasteiger partial charge in [-0.05, 0) is 37.5 Å². The second-order valence-corrected chi connectivity index (χ2v) is 13.0. The molecule has 0 aliphatic carbocycles. The Balaban J connectivity index is 2.85. The molecule has 0 amide bonds. The van der Waals surface area contributed by atoms with Crippen molar-refractivity contribution in [3.8, 4) is 0 Å². The number of hydrogen-bond donors (Lipinski definition) is 1. The van der Waals surface area contributed by atoms with E-state index in [0.29, 0.717) is 13.2 Å². The van der Waals surface area contributed by atoms with E-state index in [2.05, 4.69) is 58.2 Å². The maximum Gasteiger partial charge on any atom is 0.328 e. The number of hydrogen-bond acceptors (Lipinski definition) is 4. The van der Waals surface area contributed by atoms with Gasteiger partial charge in [-0.3, -0.25) is 5.32 Å². The topological polar surface area (TPSA) is 47.6 Å². The summed E-state index contributed by atoms with van der Waals surface area (Å²) in [4.78, 5) is 12.3. The third-order valence-electron chi connectivity index (χ3n) is 4.93. The normalized spacial score (nSPS) is 15.0. The summed E-state index contributed by atoms with van der Waals surface area (Å²) >= 11 is 0. The van der Waals surface area contributed by atoms with Crippen LogP contribution in [0.1, 0.15) is 38.8 Å². The van der Waals surface area contributed by atoms with E-state index in [0.717, 1.165) is 5.56 Å². The van der Waals surface area contributed by atoms with Gasteiger partial charge in [-0.15, -0.1) is 0 Å². The summed E-state index contributed by atoms with van der Waals surface area (Å²) < 4.78 is 11.3. The molecular weight excluding hydrogens is 318 g/mol. The molecule has 24 heavy (non-hydrogen) atoms. The Morgan fingerprint density at radius 3 is 2.33 bits per heavy atom. The number of esters is 1. The van der Waals surface area contributed by atoms with Gasteiger partial charge in [0, 0.05) is 6.54 Å². The summed E-state index contributed by atoms with van der Waals surface area (Å²) in [6, 6.07) is 8.24. The number of benzene rings is 1. The van der Waals surface area contributed by atoms with Crippen LogP contribution in [-0.4, -0.2) is 33.5 Å². The minimum Gasteiger partial charge on any atom is -0.468 e. The van der Waals surface area contributed by atoms with Crippen LogP contribution in [0.3, 0.4) is 0 Å². The van der Waals surface area contributed by atoms with Gasteiger partial charge >= 0.3 is 5.97 Å². The molecule has 0 aliphatic rings. The molecule has 1 N–H and O–H groups in total. The Kier molecular flexibility index (Phi) is 6.79. The summed E-state index contributed by atoms with van der Waals surface area (Å²) in [5.41, 5.74) is 1.47. The zero-order chi connectivity index (χ0) is 18.6. The molecule has 0 aliphatic heterocycles. The molecule has 136 valence electrons. The van der Waals surface area contributed by atoms with Crippen molar-refractivity contribution in [2.45, 2.75) is 64.8 Å². The van der Waals surface area contributed by atoms with E-state index in [1.165, 1.54) is 12.7 Å². The van der Waals surface area contributed by atoms with Crippen molar-refractivity contribution in [1.82, 2.24) is 5.32 Å². The third-order valence-corrected chi connectivity index (χ3v) is 9.41. The first kappa shape index (κ1) is 20.9. The Hall–Kier alpha value is -1.17. The van der Waals surface area contributed by atoms with Gasteiger partial charge in [-0.2, -0.15) is 0 Å². The maximum atomic E-state index is 12.3. The minimum atomic E-state index is -1.94. The predicted octanol–water partition coefficient (Wildman–Crippen LogP) is 4.04. The van der Waals surface area contributed by atoms with Gasteiger partial charge < -0.3 is 9.16 Å². The molecule has 1 atom stereocenters. The molecule has 0 heterocycles. The van der Waals surface area contributed by atoms with Crippen molar-refractivity contribution in [3.05, 3.63) is 35.4 Å². The Morgan fingerprint density at radius 2 is 1.83 bits per heavy atom. The number of rotatable bonds is 7. The standard InChI is InChI=1S/C19H33NO3Si/c1-15-10-9-11-16(12-15)13-20-19(5,17(21)22-6)14-23-24(7,8)18(2,3)4/h9-12,20H,13-14H2,1-8H3. The van der Waals surface area contributed by atoms with E-state index >= 15 is 0 Å². The average molecular weight is 352 g/mol. The van der Waals surface area contributed by atoms with Crippen LogP contribution < -0.4 is 5.32 Å². The van der Waals surface area contributed by atoms with E-state index in [9.17, 15) is 4.79 Å². The number of carbonyl (C=O) groups is 1. The van der Waals surface area contributed by atoms with Gasteiger partial charge in [-0.1, -0.05) is 50.6 Å². The number of nitrogens with one attached hydrogen (secondary N) is 1. The van der Waals surface area contributed by atoms with E-state index < -0.39 is 13.9 Å². The second kappa shape index (κ2) is 7.81. The van der Waals surface area contributed by atoms with Gasteiger partial charge in [-0.25, -0.2) is 4.79 Å². The molecule has 0 bridgehead atoms. The average Bonchev–Trinajstić information content (AvgIpc) is 2.49. The SMILES string of the molecule is COC(=O)C(C)(CO[Si](C)(C)C(C)(C)C)NCc1cccc(C)c1. The summed E-state index contributed by atoms with van der Waals surface area (Å²) in [5, 5.41) is 3.43. The van der Waals surface area contributed by atoms with Gasteiger partial charge in [0.2, 0.25) is 0 Å². The second-order valence-electron chi connectivity index (χ2n) is 8.22.